The van der Waals surface area contributed by atoms with E-state index in [1.165, 1.54) is 38.5 Å². The molecule has 0 rings (SSSR count). The summed E-state index contributed by atoms with van der Waals surface area (Å²) in [4.78, 5) is 12.6. The Labute approximate surface area is 105 Å². The Kier molecular flexibility index (Phi) is 11.2. The Morgan fingerprint density at radius 3 is 2.29 bits per heavy atom. The van der Waals surface area contributed by atoms with Crippen LogP contribution in [0.1, 0.15) is 52.4 Å². The van der Waals surface area contributed by atoms with Crippen molar-refractivity contribution >= 4 is 6.09 Å². The van der Waals surface area contributed by atoms with Crippen LogP contribution in [0, 0.1) is 0 Å². The molecule has 0 atom stereocenters. The van der Waals surface area contributed by atoms with Crippen LogP contribution >= 0.6 is 0 Å². The van der Waals surface area contributed by atoms with Gasteiger partial charge >= 0.3 is 6.09 Å². The zero-order valence-electron chi connectivity index (χ0n) is 11.4. The van der Waals surface area contributed by atoms with Gasteiger partial charge in [0.05, 0.1) is 0 Å². The topological polar surface area (TPSA) is 52.6 Å². The molecule has 0 saturated carbocycles. The van der Waals surface area contributed by atoms with Crippen LogP contribution in [0.15, 0.2) is 0 Å². The van der Waals surface area contributed by atoms with Crippen molar-refractivity contribution in [3.05, 3.63) is 0 Å². The molecule has 17 heavy (non-hydrogen) atoms. The lowest BCUT2D eigenvalue weighted by Gasteiger charge is -2.19. The normalized spacial score (nSPS) is 10.8. The highest BCUT2D eigenvalue weighted by molar-refractivity contribution is 5.64. The van der Waals surface area contributed by atoms with Gasteiger partial charge in [0.2, 0.25) is 0 Å². The molecule has 4 heteroatoms. The van der Waals surface area contributed by atoms with Gasteiger partial charge in [0, 0.05) is 13.1 Å². The standard InChI is InChI=1S/C13H28N2O2/c1-3-5-6-7-8-9-11-15(4-2)12-10-14-13(16)17/h14H,3-12H2,1-2H3,(H,16,17). The molecule has 0 unspecified atom stereocenters. The molecule has 0 saturated heterocycles. The van der Waals surface area contributed by atoms with Crippen LogP contribution in [0.5, 0.6) is 0 Å². The zero-order valence-corrected chi connectivity index (χ0v) is 11.4. The van der Waals surface area contributed by atoms with Gasteiger partial charge in [0.15, 0.2) is 0 Å². The monoisotopic (exact) mass is 244 g/mol. The first-order valence-electron chi connectivity index (χ1n) is 6.89. The number of hydrogen-bond donors (Lipinski definition) is 2. The minimum absolute atomic E-state index is 0.527. The summed E-state index contributed by atoms with van der Waals surface area (Å²) in [5, 5.41) is 10.9. The molecule has 0 aliphatic rings. The van der Waals surface area contributed by atoms with E-state index in [1.807, 2.05) is 0 Å². The van der Waals surface area contributed by atoms with Crippen LogP contribution in [-0.2, 0) is 0 Å². The average molecular weight is 244 g/mol. The van der Waals surface area contributed by atoms with Crippen molar-refractivity contribution in [2.75, 3.05) is 26.2 Å². The maximum absolute atomic E-state index is 10.3. The minimum Gasteiger partial charge on any atom is -0.465 e. The number of hydrogen-bond acceptors (Lipinski definition) is 2. The van der Waals surface area contributed by atoms with E-state index in [0.717, 1.165) is 19.6 Å². The molecule has 0 radical (unpaired) electrons. The van der Waals surface area contributed by atoms with E-state index in [1.54, 1.807) is 0 Å². The van der Waals surface area contributed by atoms with Crippen molar-refractivity contribution in [3.8, 4) is 0 Å². The molecule has 102 valence electrons. The number of nitrogens with zero attached hydrogens (tertiary/aromatic N) is 1. The molecule has 0 bridgehead atoms. The molecule has 4 nitrogen and oxygen atoms in total. The van der Waals surface area contributed by atoms with Gasteiger partial charge < -0.3 is 15.3 Å². The molecule has 0 aromatic heterocycles. The second-order valence-corrected chi connectivity index (χ2v) is 4.43. The third kappa shape index (κ3) is 11.5. The summed E-state index contributed by atoms with van der Waals surface area (Å²) in [7, 11) is 0. The number of nitrogens with one attached hydrogen (secondary N) is 1. The Hall–Kier alpha value is -0.770. The summed E-state index contributed by atoms with van der Waals surface area (Å²) < 4.78 is 0. The van der Waals surface area contributed by atoms with Gasteiger partial charge in [-0.15, -0.1) is 0 Å². The van der Waals surface area contributed by atoms with E-state index < -0.39 is 6.09 Å². The smallest absolute Gasteiger partial charge is 0.404 e. The summed E-state index contributed by atoms with van der Waals surface area (Å²) >= 11 is 0. The Morgan fingerprint density at radius 1 is 1.06 bits per heavy atom. The highest BCUT2D eigenvalue weighted by Gasteiger charge is 2.02. The quantitative estimate of drug-likeness (QED) is 0.549. The molecule has 2 N–H and O–H groups in total. The van der Waals surface area contributed by atoms with E-state index in [4.69, 9.17) is 5.11 Å². The van der Waals surface area contributed by atoms with Crippen molar-refractivity contribution in [3.63, 3.8) is 0 Å². The van der Waals surface area contributed by atoms with Crippen LogP contribution in [-0.4, -0.2) is 42.3 Å². The third-order valence-electron chi connectivity index (χ3n) is 2.98. The van der Waals surface area contributed by atoms with Crippen molar-refractivity contribution < 1.29 is 9.90 Å². The summed E-state index contributed by atoms with van der Waals surface area (Å²) in [6.45, 7) is 7.78. The van der Waals surface area contributed by atoms with Gasteiger partial charge in [-0.05, 0) is 19.5 Å². The van der Waals surface area contributed by atoms with Crippen molar-refractivity contribution in [2.24, 2.45) is 0 Å². The predicted octanol–water partition coefficient (Wildman–Crippen LogP) is 2.94. The lowest BCUT2D eigenvalue weighted by molar-refractivity contribution is 0.191. The fraction of sp³-hybridized carbons (Fsp3) is 0.923. The highest BCUT2D eigenvalue weighted by atomic mass is 16.4. The van der Waals surface area contributed by atoms with Gasteiger partial charge in [0.1, 0.15) is 0 Å². The predicted molar refractivity (Wildman–Crippen MR) is 71.5 cm³/mol. The van der Waals surface area contributed by atoms with Gasteiger partial charge in [0.25, 0.3) is 0 Å². The second kappa shape index (κ2) is 11.7. The first kappa shape index (κ1) is 16.2. The summed E-state index contributed by atoms with van der Waals surface area (Å²) in [5.41, 5.74) is 0. The maximum Gasteiger partial charge on any atom is 0.404 e. The van der Waals surface area contributed by atoms with Crippen molar-refractivity contribution in [1.29, 1.82) is 0 Å². The molecule has 0 spiro atoms. The molecule has 1 amide bonds. The number of carbonyl (C=O) groups is 1. The first-order chi connectivity index (χ1) is 8.20. The molecule has 0 aromatic carbocycles. The molecule has 0 aliphatic heterocycles. The number of likely N-dealkylation sites (N-methyl/N-ethyl adjacent to an activating group) is 1. The van der Waals surface area contributed by atoms with Crippen LogP contribution in [0.25, 0.3) is 0 Å². The number of amides is 1. The van der Waals surface area contributed by atoms with Gasteiger partial charge in [-0.2, -0.15) is 0 Å². The van der Waals surface area contributed by atoms with Gasteiger partial charge in [-0.3, -0.25) is 0 Å². The molecule has 0 fully saturated rings. The fourth-order valence-electron chi connectivity index (χ4n) is 1.86. The zero-order chi connectivity index (χ0) is 12.9. The van der Waals surface area contributed by atoms with E-state index >= 15 is 0 Å². The number of carboxylic acid groups (broad SMARTS) is 1. The minimum atomic E-state index is -0.930. The van der Waals surface area contributed by atoms with Crippen molar-refractivity contribution in [1.82, 2.24) is 10.2 Å². The largest absolute Gasteiger partial charge is 0.465 e. The van der Waals surface area contributed by atoms with E-state index in [9.17, 15) is 4.79 Å². The molecule has 0 aliphatic carbocycles. The van der Waals surface area contributed by atoms with E-state index in [-0.39, 0.29) is 0 Å². The van der Waals surface area contributed by atoms with E-state index in [0.29, 0.717) is 6.54 Å². The van der Waals surface area contributed by atoms with Crippen LogP contribution in [0.2, 0.25) is 0 Å². The second-order valence-electron chi connectivity index (χ2n) is 4.43. The van der Waals surface area contributed by atoms with E-state index in [2.05, 4.69) is 24.1 Å². The Bertz CT molecular complexity index is 186. The number of rotatable bonds is 11. The lowest BCUT2D eigenvalue weighted by Crippen LogP contribution is -2.34. The third-order valence-corrected chi connectivity index (χ3v) is 2.98. The first-order valence-corrected chi connectivity index (χ1v) is 6.89. The Morgan fingerprint density at radius 2 is 1.71 bits per heavy atom. The highest BCUT2D eigenvalue weighted by Crippen LogP contribution is 2.05. The van der Waals surface area contributed by atoms with Crippen LogP contribution in [0.3, 0.4) is 0 Å². The SMILES string of the molecule is CCCCCCCCN(CC)CCNC(=O)O. The van der Waals surface area contributed by atoms with Crippen molar-refractivity contribution in [2.45, 2.75) is 52.4 Å². The summed E-state index contributed by atoms with van der Waals surface area (Å²) in [6, 6.07) is 0. The average Bonchev–Trinajstić information content (AvgIpc) is 2.30. The molecular weight excluding hydrogens is 216 g/mol. The van der Waals surface area contributed by atoms with Gasteiger partial charge in [-0.1, -0.05) is 46.0 Å². The molecule has 0 heterocycles. The van der Waals surface area contributed by atoms with Crippen LogP contribution < -0.4 is 5.32 Å². The Balaban J connectivity index is 3.38. The maximum atomic E-state index is 10.3. The van der Waals surface area contributed by atoms with Crippen LogP contribution in [0.4, 0.5) is 4.79 Å². The number of unbranched alkanes of at least 4 members (excludes halogenated alkanes) is 5. The summed E-state index contributed by atoms with van der Waals surface area (Å²) in [6.07, 6.45) is 6.91. The molecular formula is C13H28N2O2. The lowest BCUT2D eigenvalue weighted by atomic mass is 10.1. The summed E-state index contributed by atoms with van der Waals surface area (Å²) in [5.74, 6) is 0. The molecule has 0 aromatic rings. The van der Waals surface area contributed by atoms with Gasteiger partial charge in [-0.25, -0.2) is 4.79 Å². The fourth-order valence-corrected chi connectivity index (χ4v) is 1.86.